The van der Waals surface area contributed by atoms with Crippen LogP contribution in [0.25, 0.3) is 43.5 Å². The largest absolute Gasteiger partial charge is 0.407 e. The first-order chi connectivity index (χ1) is 12.6. The lowest BCUT2D eigenvalue weighted by Crippen LogP contribution is -1.82. The van der Waals surface area contributed by atoms with Crippen molar-refractivity contribution >= 4 is 94.0 Å². The molecule has 0 unspecified atom stereocenters. The third kappa shape index (κ3) is 2.51. The summed E-state index contributed by atoms with van der Waals surface area (Å²) in [6.45, 7) is 0. The van der Waals surface area contributed by atoms with Crippen LogP contribution in [0.3, 0.4) is 0 Å². The van der Waals surface area contributed by atoms with Crippen LogP contribution < -0.4 is 0 Å². The van der Waals surface area contributed by atoms with Gasteiger partial charge in [0.15, 0.2) is 11.2 Å². The summed E-state index contributed by atoms with van der Waals surface area (Å²) in [7, 11) is -1.62. The minimum absolute atomic E-state index is 0.715. The first-order valence-corrected chi connectivity index (χ1v) is 11.5. The second-order valence-corrected chi connectivity index (χ2v) is 9.29. The van der Waals surface area contributed by atoms with Crippen LogP contribution in [0.5, 0.6) is 0 Å². The molecular formula is C20H10Br2ClO2P. The Hall–Kier alpha value is -1.45. The Bertz CT molecular complexity index is 1270. The monoisotopic (exact) mass is 506 g/mol. The molecule has 0 saturated carbocycles. The lowest BCUT2D eigenvalue weighted by atomic mass is 9.99. The quantitative estimate of drug-likeness (QED) is 0.208. The fourth-order valence-electron chi connectivity index (χ4n) is 3.43. The first kappa shape index (κ1) is 16.7. The van der Waals surface area contributed by atoms with Gasteiger partial charge in [0.2, 0.25) is 0 Å². The summed E-state index contributed by atoms with van der Waals surface area (Å²) in [6.07, 6.45) is 0. The Kier molecular flexibility index (Phi) is 4.06. The van der Waals surface area contributed by atoms with E-state index in [-0.39, 0.29) is 0 Å². The molecule has 0 N–H and O–H groups in total. The van der Waals surface area contributed by atoms with Crippen molar-refractivity contribution in [3.8, 4) is 0 Å². The predicted molar refractivity (Wildman–Crippen MR) is 118 cm³/mol. The van der Waals surface area contributed by atoms with Crippen LogP contribution in [0.15, 0.2) is 78.0 Å². The van der Waals surface area contributed by atoms with E-state index < -0.39 is 7.37 Å². The van der Waals surface area contributed by atoms with Gasteiger partial charge in [0.25, 0.3) is 0 Å². The molecule has 0 aliphatic rings. The molecule has 0 spiro atoms. The normalized spacial score (nSPS) is 11.7. The van der Waals surface area contributed by atoms with Gasteiger partial charge in [-0.2, -0.15) is 0 Å². The number of fused-ring (bicyclic) bond motifs is 7. The molecule has 0 atom stereocenters. The third-order valence-electron chi connectivity index (χ3n) is 4.49. The summed E-state index contributed by atoms with van der Waals surface area (Å²) in [4.78, 5) is 0. The highest BCUT2D eigenvalue weighted by Crippen LogP contribution is 2.46. The van der Waals surface area contributed by atoms with Gasteiger partial charge in [-0.3, -0.25) is 0 Å². The Morgan fingerprint density at radius 3 is 1.58 bits per heavy atom. The summed E-state index contributed by atoms with van der Waals surface area (Å²) < 4.78 is 13.8. The molecule has 1 aromatic heterocycles. The summed E-state index contributed by atoms with van der Waals surface area (Å²) in [5.41, 5.74) is 1.43. The van der Waals surface area contributed by atoms with Crippen LogP contribution in [-0.4, -0.2) is 0 Å². The molecule has 0 aliphatic heterocycles. The van der Waals surface area contributed by atoms with Crippen molar-refractivity contribution in [3.63, 3.8) is 0 Å². The highest BCUT2D eigenvalue weighted by Gasteiger charge is 2.16. The average molecular weight is 509 g/mol. The van der Waals surface area contributed by atoms with Crippen LogP contribution >= 0.6 is 50.5 Å². The smallest absolute Gasteiger partial charge is 0.327 e. The van der Waals surface area contributed by atoms with Crippen molar-refractivity contribution in [2.75, 3.05) is 0 Å². The number of benzene rings is 4. The zero-order chi connectivity index (χ0) is 17.8. The van der Waals surface area contributed by atoms with Crippen LogP contribution in [0, 0.1) is 0 Å². The highest BCUT2D eigenvalue weighted by atomic mass is 79.9. The minimum Gasteiger partial charge on any atom is -0.407 e. The molecule has 0 radical (unpaired) electrons. The average Bonchev–Trinajstić information content (AvgIpc) is 2.79. The lowest BCUT2D eigenvalue weighted by Gasteiger charge is -2.07. The van der Waals surface area contributed by atoms with E-state index in [0.29, 0.717) is 11.2 Å². The number of hydrogen-bond donors (Lipinski definition) is 0. The van der Waals surface area contributed by atoms with Crippen LogP contribution in [0.1, 0.15) is 0 Å². The van der Waals surface area contributed by atoms with Gasteiger partial charge in [-0.1, -0.05) is 48.5 Å². The van der Waals surface area contributed by atoms with Crippen molar-refractivity contribution in [1.29, 1.82) is 0 Å². The van der Waals surface area contributed by atoms with E-state index in [1.165, 1.54) is 0 Å². The summed E-state index contributed by atoms with van der Waals surface area (Å²) in [5.74, 6) is 0. The fourth-order valence-corrected chi connectivity index (χ4v) is 5.85. The standard InChI is InChI=1S/C20H10Br2ClO2P/c21-15-9-11-5-1-3-7-13(11)17-18-14-8-4-2-6-12(14)10-16(22)20(18)25-26(23)24-19(15)17/h1-10H. The van der Waals surface area contributed by atoms with Crippen molar-refractivity contribution < 1.29 is 8.39 Å². The van der Waals surface area contributed by atoms with Gasteiger partial charge in [-0.25, -0.2) is 0 Å². The van der Waals surface area contributed by atoms with E-state index in [1.54, 1.807) is 0 Å². The highest BCUT2D eigenvalue weighted by molar-refractivity contribution is 9.11. The van der Waals surface area contributed by atoms with E-state index in [1.807, 2.05) is 24.3 Å². The molecule has 5 aromatic rings. The van der Waals surface area contributed by atoms with Crippen molar-refractivity contribution in [3.05, 3.63) is 69.6 Å². The van der Waals surface area contributed by atoms with Gasteiger partial charge in [-0.15, -0.1) is 0 Å². The van der Waals surface area contributed by atoms with Crippen LogP contribution in [0.2, 0.25) is 0 Å². The SMILES string of the molecule is Clp1oc2c(Br)cc3ccccc3c2c2c(o1)c(Br)cc1ccccc12. The van der Waals surface area contributed by atoms with Gasteiger partial charge < -0.3 is 8.39 Å². The second kappa shape index (κ2) is 6.31. The van der Waals surface area contributed by atoms with Crippen molar-refractivity contribution in [1.82, 2.24) is 0 Å². The zero-order valence-corrected chi connectivity index (χ0v) is 18.0. The summed E-state index contributed by atoms with van der Waals surface area (Å²) in [6, 6.07) is 20.6. The van der Waals surface area contributed by atoms with E-state index in [2.05, 4.69) is 68.3 Å². The molecule has 26 heavy (non-hydrogen) atoms. The Balaban J connectivity index is 2.28. The molecular weight excluding hydrogens is 498 g/mol. The lowest BCUT2D eigenvalue weighted by molar-refractivity contribution is 0.655. The molecule has 2 nitrogen and oxygen atoms in total. The minimum atomic E-state index is -1.62. The van der Waals surface area contributed by atoms with Crippen molar-refractivity contribution in [2.24, 2.45) is 0 Å². The summed E-state index contributed by atoms with van der Waals surface area (Å²) in [5, 5.41) is 6.43. The first-order valence-electron chi connectivity index (χ1n) is 7.88. The molecule has 0 amide bonds. The molecule has 0 saturated heterocycles. The zero-order valence-electron chi connectivity index (χ0n) is 13.2. The Morgan fingerprint density at radius 2 is 1.12 bits per heavy atom. The Morgan fingerprint density at radius 1 is 0.692 bits per heavy atom. The number of rotatable bonds is 0. The van der Waals surface area contributed by atoms with Crippen molar-refractivity contribution in [2.45, 2.75) is 0 Å². The maximum atomic E-state index is 6.40. The van der Waals surface area contributed by atoms with E-state index in [9.17, 15) is 0 Å². The third-order valence-corrected chi connectivity index (χ3v) is 6.73. The maximum absolute atomic E-state index is 6.40. The molecule has 6 heteroatoms. The van der Waals surface area contributed by atoms with E-state index in [4.69, 9.17) is 19.6 Å². The van der Waals surface area contributed by atoms with Gasteiger partial charge in [0.1, 0.15) is 0 Å². The second-order valence-electron chi connectivity index (χ2n) is 5.96. The molecule has 0 fully saturated rings. The Labute approximate surface area is 171 Å². The number of hydrogen-bond acceptors (Lipinski definition) is 2. The maximum Gasteiger partial charge on any atom is 0.327 e. The predicted octanol–water partition coefficient (Wildman–Crippen LogP) is 9.12. The molecule has 0 aliphatic carbocycles. The van der Waals surface area contributed by atoms with Crippen LogP contribution in [0.4, 0.5) is 0 Å². The van der Waals surface area contributed by atoms with Gasteiger partial charge in [-0.05, 0) is 65.5 Å². The molecule has 128 valence electrons. The summed E-state index contributed by atoms with van der Waals surface area (Å²) >= 11 is 13.7. The topological polar surface area (TPSA) is 26.3 Å². The molecule has 4 aromatic carbocycles. The van der Waals surface area contributed by atoms with Gasteiger partial charge in [0, 0.05) is 22.0 Å². The molecule has 0 bridgehead atoms. The molecule has 5 rings (SSSR count). The fraction of sp³-hybridized carbons (Fsp3) is 0. The van der Waals surface area contributed by atoms with E-state index in [0.717, 1.165) is 41.3 Å². The molecule has 1 heterocycles. The van der Waals surface area contributed by atoms with E-state index >= 15 is 0 Å². The number of halogens is 3. The van der Waals surface area contributed by atoms with Gasteiger partial charge >= 0.3 is 7.37 Å². The van der Waals surface area contributed by atoms with Crippen LogP contribution in [-0.2, 0) is 0 Å². The van der Waals surface area contributed by atoms with Gasteiger partial charge in [0.05, 0.1) is 8.95 Å².